The summed E-state index contributed by atoms with van der Waals surface area (Å²) in [5.41, 5.74) is 3.15. The second kappa shape index (κ2) is 6.30. The molecule has 0 spiro atoms. The van der Waals surface area contributed by atoms with Gasteiger partial charge >= 0.3 is 0 Å². The van der Waals surface area contributed by atoms with Crippen LogP contribution in [0.15, 0.2) is 48.8 Å². The SMILES string of the molecule is Cc1nn(-c2ccc(Cl)cc2)cc1C(=O)NCc1cccn1C. The lowest BCUT2D eigenvalue weighted by atomic mass is 10.2. The van der Waals surface area contributed by atoms with Crippen LogP contribution in [0.5, 0.6) is 0 Å². The Hall–Kier alpha value is -2.53. The van der Waals surface area contributed by atoms with Crippen LogP contribution in [0, 0.1) is 6.92 Å². The van der Waals surface area contributed by atoms with Crippen LogP contribution >= 0.6 is 11.6 Å². The van der Waals surface area contributed by atoms with Gasteiger partial charge in [0.2, 0.25) is 0 Å². The molecule has 5 nitrogen and oxygen atoms in total. The van der Waals surface area contributed by atoms with Gasteiger partial charge in [-0.3, -0.25) is 4.79 Å². The van der Waals surface area contributed by atoms with Gasteiger partial charge < -0.3 is 9.88 Å². The number of halogens is 1. The number of hydrogen-bond acceptors (Lipinski definition) is 2. The number of carbonyl (C=O) groups is 1. The van der Waals surface area contributed by atoms with Crippen LogP contribution in [-0.4, -0.2) is 20.3 Å². The van der Waals surface area contributed by atoms with E-state index in [0.29, 0.717) is 22.8 Å². The average Bonchev–Trinajstić information content (AvgIpc) is 3.11. The van der Waals surface area contributed by atoms with Gasteiger partial charge in [-0.05, 0) is 43.3 Å². The third-order valence-electron chi connectivity index (χ3n) is 3.72. The van der Waals surface area contributed by atoms with Crippen molar-refractivity contribution in [1.82, 2.24) is 19.7 Å². The van der Waals surface area contributed by atoms with Crippen LogP contribution in [0.4, 0.5) is 0 Å². The first-order valence-electron chi connectivity index (χ1n) is 7.25. The highest BCUT2D eigenvalue weighted by Gasteiger charge is 2.14. The molecule has 1 N–H and O–H groups in total. The third-order valence-corrected chi connectivity index (χ3v) is 3.97. The Morgan fingerprint density at radius 1 is 1.26 bits per heavy atom. The zero-order valence-corrected chi connectivity index (χ0v) is 13.7. The molecule has 1 aromatic carbocycles. The lowest BCUT2D eigenvalue weighted by Gasteiger charge is -2.05. The molecule has 0 fully saturated rings. The smallest absolute Gasteiger partial charge is 0.255 e. The number of nitrogens with zero attached hydrogens (tertiary/aromatic N) is 3. The number of rotatable bonds is 4. The molecule has 1 amide bonds. The molecule has 0 aliphatic rings. The zero-order chi connectivity index (χ0) is 16.4. The fraction of sp³-hybridized carbons (Fsp3) is 0.176. The standard InChI is InChI=1S/C17H17ClN4O/c1-12-16(17(23)19-10-15-4-3-9-21(15)2)11-22(20-12)14-7-5-13(18)6-8-14/h3-9,11H,10H2,1-2H3,(H,19,23). The van der Waals surface area contributed by atoms with E-state index < -0.39 is 0 Å². The summed E-state index contributed by atoms with van der Waals surface area (Å²) in [4.78, 5) is 12.4. The molecule has 0 radical (unpaired) electrons. The van der Waals surface area contributed by atoms with E-state index in [1.54, 1.807) is 23.0 Å². The molecule has 23 heavy (non-hydrogen) atoms. The van der Waals surface area contributed by atoms with Gasteiger partial charge in [-0.15, -0.1) is 0 Å². The molecule has 2 heterocycles. The Labute approximate surface area is 139 Å². The van der Waals surface area contributed by atoms with Gasteiger partial charge in [-0.25, -0.2) is 4.68 Å². The molecule has 0 atom stereocenters. The van der Waals surface area contributed by atoms with Crippen LogP contribution in [0.1, 0.15) is 21.7 Å². The van der Waals surface area contributed by atoms with Crippen LogP contribution in [-0.2, 0) is 13.6 Å². The van der Waals surface area contributed by atoms with E-state index >= 15 is 0 Å². The summed E-state index contributed by atoms with van der Waals surface area (Å²) in [6.07, 6.45) is 3.68. The first kappa shape index (κ1) is 15.4. The van der Waals surface area contributed by atoms with Crippen LogP contribution < -0.4 is 5.32 Å². The number of carbonyl (C=O) groups excluding carboxylic acids is 1. The van der Waals surface area contributed by atoms with E-state index in [-0.39, 0.29) is 5.91 Å². The Balaban J connectivity index is 1.76. The summed E-state index contributed by atoms with van der Waals surface area (Å²) in [5.74, 6) is -0.135. The van der Waals surface area contributed by atoms with Crippen LogP contribution in [0.3, 0.4) is 0 Å². The fourth-order valence-electron chi connectivity index (χ4n) is 2.36. The Kier molecular flexibility index (Phi) is 4.21. The summed E-state index contributed by atoms with van der Waals surface area (Å²) in [6, 6.07) is 11.2. The van der Waals surface area contributed by atoms with Gasteiger partial charge in [-0.2, -0.15) is 5.10 Å². The average molecular weight is 329 g/mol. The minimum absolute atomic E-state index is 0.135. The molecule has 0 saturated heterocycles. The highest BCUT2D eigenvalue weighted by atomic mass is 35.5. The maximum absolute atomic E-state index is 12.4. The molecule has 0 bridgehead atoms. The molecular weight excluding hydrogens is 312 g/mol. The second-order valence-corrected chi connectivity index (χ2v) is 5.78. The van der Waals surface area contributed by atoms with Gasteiger partial charge in [0.15, 0.2) is 0 Å². The monoisotopic (exact) mass is 328 g/mol. The molecule has 3 rings (SSSR count). The molecule has 2 aromatic heterocycles. The number of aromatic nitrogens is 3. The lowest BCUT2D eigenvalue weighted by molar-refractivity contribution is 0.0949. The van der Waals surface area contributed by atoms with E-state index in [2.05, 4.69) is 10.4 Å². The highest BCUT2D eigenvalue weighted by molar-refractivity contribution is 6.30. The third kappa shape index (κ3) is 3.29. The summed E-state index contributed by atoms with van der Waals surface area (Å²) in [7, 11) is 1.95. The van der Waals surface area contributed by atoms with Gasteiger partial charge in [0.05, 0.1) is 23.5 Å². The summed E-state index contributed by atoms with van der Waals surface area (Å²) < 4.78 is 3.66. The van der Waals surface area contributed by atoms with Crippen molar-refractivity contribution < 1.29 is 4.79 Å². The van der Waals surface area contributed by atoms with Gasteiger partial charge in [0.25, 0.3) is 5.91 Å². The van der Waals surface area contributed by atoms with Crippen LogP contribution in [0.2, 0.25) is 5.02 Å². The maximum Gasteiger partial charge on any atom is 0.255 e. The number of amides is 1. The highest BCUT2D eigenvalue weighted by Crippen LogP contribution is 2.15. The normalized spacial score (nSPS) is 10.7. The van der Waals surface area contributed by atoms with E-state index in [9.17, 15) is 4.79 Å². The van der Waals surface area contributed by atoms with Crippen molar-refractivity contribution in [3.8, 4) is 5.69 Å². The molecule has 0 saturated carbocycles. The van der Waals surface area contributed by atoms with Crippen molar-refractivity contribution >= 4 is 17.5 Å². The lowest BCUT2D eigenvalue weighted by Crippen LogP contribution is -2.24. The molecular formula is C17H17ClN4O. The largest absolute Gasteiger partial charge is 0.353 e. The van der Waals surface area contributed by atoms with Gasteiger partial charge in [0.1, 0.15) is 0 Å². The van der Waals surface area contributed by atoms with E-state index in [1.165, 1.54) is 0 Å². The van der Waals surface area contributed by atoms with Crippen molar-refractivity contribution in [3.63, 3.8) is 0 Å². The topological polar surface area (TPSA) is 51.9 Å². The zero-order valence-electron chi connectivity index (χ0n) is 13.0. The van der Waals surface area contributed by atoms with E-state index in [1.807, 2.05) is 49.0 Å². The number of benzene rings is 1. The molecule has 0 aliphatic heterocycles. The van der Waals surface area contributed by atoms with Crippen molar-refractivity contribution in [2.75, 3.05) is 0 Å². The van der Waals surface area contributed by atoms with Crippen LogP contribution in [0.25, 0.3) is 5.69 Å². The van der Waals surface area contributed by atoms with Gasteiger partial charge in [-0.1, -0.05) is 11.6 Å². The summed E-state index contributed by atoms with van der Waals surface area (Å²) >= 11 is 5.89. The molecule has 0 aliphatic carbocycles. The molecule has 3 aromatic rings. The Bertz CT molecular complexity index is 833. The first-order valence-corrected chi connectivity index (χ1v) is 7.63. The molecule has 0 unspecified atom stereocenters. The summed E-state index contributed by atoms with van der Waals surface area (Å²) in [6.45, 7) is 2.30. The maximum atomic E-state index is 12.4. The van der Waals surface area contributed by atoms with Crippen molar-refractivity contribution in [2.24, 2.45) is 7.05 Å². The van der Waals surface area contributed by atoms with E-state index in [4.69, 9.17) is 11.6 Å². The summed E-state index contributed by atoms with van der Waals surface area (Å²) in [5, 5.41) is 7.99. The number of hydrogen-bond donors (Lipinski definition) is 1. The molecule has 6 heteroatoms. The second-order valence-electron chi connectivity index (χ2n) is 5.34. The fourth-order valence-corrected chi connectivity index (χ4v) is 2.48. The van der Waals surface area contributed by atoms with Crippen molar-refractivity contribution in [2.45, 2.75) is 13.5 Å². The molecule has 118 valence electrons. The first-order chi connectivity index (χ1) is 11.0. The van der Waals surface area contributed by atoms with Crippen molar-refractivity contribution in [1.29, 1.82) is 0 Å². The Morgan fingerprint density at radius 2 is 2.00 bits per heavy atom. The minimum Gasteiger partial charge on any atom is -0.353 e. The minimum atomic E-state index is -0.135. The number of nitrogens with one attached hydrogen (secondary N) is 1. The predicted octanol–water partition coefficient (Wildman–Crippen LogP) is 3.10. The van der Waals surface area contributed by atoms with Gasteiger partial charge in [0, 0.05) is 30.2 Å². The predicted molar refractivity (Wildman–Crippen MR) is 89.9 cm³/mol. The number of aryl methyl sites for hydroxylation is 2. The van der Waals surface area contributed by atoms with Crippen molar-refractivity contribution in [3.05, 3.63) is 70.8 Å². The quantitative estimate of drug-likeness (QED) is 0.800. The Morgan fingerprint density at radius 3 is 2.65 bits per heavy atom. The van der Waals surface area contributed by atoms with E-state index in [0.717, 1.165) is 11.4 Å².